The number of aromatic hydroxyl groups is 1. The molecular weight excluding hydrogens is 1000 g/mol. The van der Waals surface area contributed by atoms with Crippen molar-refractivity contribution in [3.05, 3.63) is 146 Å². The lowest BCUT2D eigenvalue weighted by Crippen LogP contribution is -2.55. The fourth-order valence-corrected chi connectivity index (χ4v) is 11.2. The van der Waals surface area contributed by atoms with Crippen LogP contribution in [-0.2, 0) is 43.5 Å². The molecule has 0 bridgehead atoms. The van der Waals surface area contributed by atoms with Gasteiger partial charge in [-0.2, -0.15) is 0 Å². The number of ether oxygens (including phenoxy) is 3. The van der Waals surface area contributed by atoms with E-state index in [2.05, 4.69) is 32.4 Å². The Morgan fingerprint density at radius 2 is 1.73 bits per heavy atom. The second-order valence-electron chi connectivity index (χ2n) is 18.7. The highest BCUT2D eigenvalue weighted by Crippen LogP contribution is 2.43. The first kappa shape index (κ1) is 52.8. The van der Waals surface area contributed by atoms with Gasteiger partial charge in [0.1, 0.15) is 54.9 Å². The number of aryl methyl sites for hydroxylation is 1. The normalized spacial score (nSPS) is 17.9. The van der Waals surface area contributed by atoms with E-state index >= 15 is 0 Å². The number of nitrogens with zero attached hydrogens (tertiary/aromatic N) is 5. The molecule has 0 radical (unpaired) electrons. The third kappa shape index (κ3) is 11.7. The summed E-state index contributed by atoms with van der Waals surface area (Å²) < 4.78 is 32.3. The Morgan fingerprint density at radius 1 is 0.933 bits per heavy atom. The number of aromatic nitrogens is 2. The van der Waals surface area contributed by atoms with Crippen LogP contribution < -0.4 is 15.4 Å². The number of fused-ring (bicyclic) bond motifs is 2. The predicted molar refractivity (Wildman–Crippen MR) is 278 cm³/mol. The smallest absolute Gasteiger partial charge is 0.255 e. The second-order valence-corrected chi connectivity index (χ2v) is 20.4. The molecule has 5 heterocycles. The minimum Gasteiger partial charge on any atom is -0.508 e. The number of carbonyl (C=O) groups excluding carboxylic acids is 4. The van der Waals surface area contributed by atoms with Crippen LogP contribution in [0.15, 0.2) is 96.0 Å². The Morgan fingerprint density at radius 3 is 2.51 bits per heavy atom. The van der Waals surface area contributed by atoms with E-state index in [1.165, 1.54) is 44.7 Å². The number of hydrogen-bond acceptors (Lipinski definition) is 15. The van der Waals surface area contributed by atoms with Crippen molar-refractivity contribution in [3.63, 3.8) is 0 Å². The van der Waals surface area contributed by atoms with Crippen molar-refractivity contribution in [1.82, 2.24) is 30.0 Å². The zero-order chi connectivity index (χ0) is 52.8. The number of amides is 4. The summed E-state index contributed by atoms with van der Waals surface area (Å²) in [6.45, 7) is 6.99. The number of rotatable bonds is 19. The molecule has 20 heteroatoms. The number of likely N-dealkylation sites (tertiary alicyclic amines) is 1. The van der Waals surface area contributed by atoms with Gasteiger partial charge in [-0.3, -0.25) is 24.1 Å². The molecule has 9 rings (SSSR count). The van der Waals surface area contributed by atoms with Crippen molar-refractivity contribution >= 4 is 51.4 Å². The summed E-state index contributed by atoms with van der Waals surface area (Å²) in [4.78, 5) is 69.3. The molecular formula is C55H56FN7O10S2. The first-order valence-electron chi connectivity index (χ1n) is 24.5. The number of aliphatic hydroxyl groups is 2. The number of benzene rings is 4. The molecule has 17 nitrogen and oxygen atoms in total. The maximum atomic E-state index is 14.5. The molecule has 390 valence electrons. The van der Waals surface area contributed by atoms with E-state index in [1.807, 2.05) is 57.2 Å². The molecule has 75 heavy (non-hydrogen) atoms. The van der Waals surface area contributed by atoms with Crippen LogP contribution >= 0.6 is 22.7 Å². The van der Waals surface area contributed by atoms with Crippen LogP contribution in [-0.4, -0.2) is 121 Å². The number of thiazole rings is 2. The summed E-state index contributed by atoms with van der Waals surface area (Å²) in [5.74, 6) is 3.70. The van der Waals surface area contributed by atoms with Gasteiger partial charge in [0.15, 0.2) is 5.13 Å². The maximum absolute atomic E-state index is 14.5. The lowest BCUT2D eigenvalue weighted by atomic mass is 10.0. The Labute approximate surface area is 440 Å². The fraction of sp³-hybridized carbons (Fsp3) is 0.345. The molecule has 1 saturated heterocycles. The molecule has 3 aliphatic heterocycles. The fourth-order valence-electron chi connectivity index (χ4n) is 9.82. The molecule has 2 aromatic heterocycles. The van der Waals surface area contributed by atoms with Crippen molar-refractivity contribution in [1.29, 1.82) is 0 Å². The van der Waals surface area contributed by atoms with Crippen molar-refractivity contribution in [2.75, 3.05) is 44.9 Å². The van der Waals surface area contributed by atoms with Gasteiger partial charge in [0, 0.05) is 72.0 Å². The van der Waals surface area contributed by atoms with Gasteiger partial charge in [0.25, 0.3) is 5.91 Å². The van der Waals surface area contributed by atoms with E-state index in [9.17, 15) is 38.9 Å². The number of halogens is 1. The minimum atomic E-state index is -1.32. The first-order chi connectivity index (χ1) is 36.3. The van der Waals surface area contributed by atoms with E-state index in [1.54, 1.807) is 40.1 Å². The summed E-state index contributed by atoms with van der Waals surface area (Å²) in [6.07, 6.45) is -0.649. The third-order valence-electron chi connectivity index (χ3n) is 13.4. The van der Waals surface area contributed by atoms with Crippen LogP contribution in [0.4, 0.5) is 9.52 Å². The summed E-state index contributed by atoms with van der Waals surface area (Å²) in [5, 5.41) is 40.9. The monoisotopic (exact) mass is 1060 g/mol. The van der Waals surface area contributed by atoms with E-state index in [0.717, 1.165) is 33.8 Å². The number of hydrogen-bond donors (Lipinski definition) is 5. The Bertz CT molecular complexity index is 3120. The average molecular weight is 1060 g/mol. The van der Waals surface area contributed by atoms with Gasteiger partial charge >= 0.3 is 0 Å². The highest BCUT2D eigenvalue weighted by Gasteiger charge is 2.46. The number of carbonyl (C=O) groups is 4. The van der Waals surface area contributed by atoms with E-state index in [0.29, 0.717) is 38.7 Å². The molecule has 5 atom stereocenters. The number of aliphatic hydroxyl groups excluding tert-OH is 2. The van der Waals surface area contributed by atoms with E-state index in [4.69, 9.17) is 14.2 Å². The predicted octanol–water partition coefficient (Wildman–Crippen LogP) is 6.33. The zero-order valence-corrected chi connectivity index (χ0v) is 43.0. The quantitative estimate of drug-likeness (QED) is 0.0444. The topological polar surface area (TPSA) is 216 Å². The van der Waals surface area contributed by atoms with Crippen LogP contribution in [0.1, 0.15) is 82.0 Å². The summed E-state index contributed by atoms with van der Waals surface area (Å²) in [5.41, 5.74) is 7.30. The van der Waals surface area contributed by atoms with E-state index in [-0.39, 0.29) is 94.7 Å². The Kier molecular flexibility index (Phi) is 16.6. The largest absolute Gasteiger partial charge is 0.508 e. The lowest BCUT2D eigenvalue weighted by molar-refractivity contribution is -0.143. The van der Waals surface area contributed by atoms with Gasteiger partial charge in [-0.15, -0.1) is 22.7 Å². The number of anilines is 1. The van der Waals surface area contributed by atoms with Gasteiger partial charge in [-0.05, 0) is 65.9 Å². The highest BCUT2D eigenvalue weighted by atomic mass is 32.1. The summed E-state index contributed by atoms with van der Waals surface area (Å²) >= 11 is 2.69. The van der Waals surface area contributed by atoms with Crippen molar-refractivity contribution < 1.29 is 53.1 Å². The molecule has 4 amide bonds. The van der Waals surface area contributed by atoms with E-state index < -0.39 is 48.1 Å². The molecule has 6 aromatic rings. The molecule has 0 spiro atoms. The zero-order valence-electron chi connectivity index (χ0n) is 41.4. The molecule has 0 saturated carbocycles. The van der Waals surface area contributed by atoms with Gasteiger partial charge in [0.05, 0.1) is 42.0 Å². The number of phenols is 1. The summed E-state index contributed by atoms with van der Waals surface area (Å²) in [6, 6.07) is 18.6. The summed E-state index contributed by atoms with van der Waals surface area (Å²) in [7, 11) is 0. The maximum Gasteiger partial charge on any atom is 0.255 e. The van der Waals surface area contributed by atoms with Gasteiger partial charge in [-0.25, -0.2) is 14.4 Å². The second kappa shape index (κ2) is 23.6. The molecule has 1 fully saturated rings. The van der Waals surface area contributed by atoms with Crippen LogP contribution in [0.3, 0.4) is 0 Å². The molecule has 3 aliphatic rings. The molecule has 0 aliphatic carbocycles. The first-order valence-corrected chi connectivity index (χ1v) is 26.2. The van der Waals surface area contributed by atoms with Crippen molar-refractivity contribution in [2.45, 2.75) is 77.3 Å². The molecule has 2 unspecified atom stereocenters. The average Bonchev–Trinajstić information content (AvgIpc) is 4.28. The van der Waals surface area contributed by atoms with Crippen molar-refractivity contribution in [3.8, 4) is 33.8 Å². The Hall–Kier alpha value is -7.09. The van der Waals surface area contributed by atoms with Crippen LogP contribution in [0.2, 0.25) is 0 Å². The van der Waals surface area contributed by atoms with Crippen LogP contribution in [0.25, 0.3) is 10.4 Å². The van der Waals surface area contributed by atoms with Gasteiger partial charge in [-0.1, -0.05) is 68.2 Å². The minimum absolute atomic E-state index is 0.0140. The number of nitrogens with one attached hydrogen (secondary N) is 2. The Balaban J connectivity index is 0.776. The number of β-amino-alcohol motifs (C(OH)–C–C–N with tert-alkyl or cyclic N) is 1. The van der Waals surface area contributed by atoms with Crippen LogP contribution in [0, 0.1) is 30.5 Å². The highest BCUT2D eigenvalue weighted by molar-refractivity contribution is 7.14. The SMILES string of the molecule is Cc1ncsc1-c1ccc(CNC(=O)[C@@H]2C[C@@H](O)CN2C(=O)[C@H](C(C)C)N2Cc3ccccc3C2=O)c(OCCOCCOCC#Cc2cccc3c2C(O)N(C(C(=O)Nc2nccs2)c2cc(F)ccc2O)C3)c1. The number of phenolic OH excluding ortho intramolecular Hbond substituents is 1. The molecule has 4 aromatic carbocycles. The standard InChI is InChI=1S/C55H56FN7O10S2/c1-32(2)47(62-28-37-8-4-5-12-41(37)52(62)68)54(70)61-30-40(64)26-43(61)50(66)58-27-36-14-13-35(49-33(3)59-31-75-49)24-45(36)73-22-21-72-20-19-71-18-7-11-34-9-6-10-38-29-63(53(69)46(34)38)48(42-25-39(56)15-16-44(42)65)51(67)60-55-57-17-23-74-55/h4-6,8-10,12-17,23-25,31-32,40,43,47-48,53,64-65,69H,18-22,26-30H2,1-3H3,(H,58,66)(H,57,60,67)/t40-,43+,47+,48?,53?/m1/s1. The lowest BCUT2D eigenvalue weighted by Gasteiger charge is -2.35. The van der Waals surface area contributed by atoms with Gasteiger partial charge < -0.3 is 50.0 Å². The van der Waals surface area contributed by atoms with Crippen LogP contribution in [0.5, 0.6) is 11.5 Å². The third-order valence-corrected chi connectivity index (χ3v) is 15.0. The molecule has 5 N–H and O–H groups in total. The van der Waals surface area contributed by atoms with Crippen molar-refractivity contribution in [2.24, 2.45) is 5.92 Å². The van der Waals surface area contributed by atoms with Gasteiger partial charge in [0.2, 0.25) is 17.7 Å².